The van der Waals surface area contributed by atoms with E-state index in [1.54, 1.807) is 0 Å². The van der Waals surface area contributed by atoms with Gasteiger partial charge in [-0.15, -0.1) is 0 Å². The maximum absolute atomic E-state index is 5.97. The van der Waals surface area contributed by atoms with Gasteiger partial charge >= 0.3 is 0 Å². The van der Waals surface area contributed by atoms with Gasteiger partial charge in [-0.3, -0.25) is 0 Å². The normalized spacial score (nSPS) is 28.4. The minimum absolute atomic E-state index is 0.00573. The first-order valence-corrected chi connectivity index (χ1v) is 6.71. The number of aromatic nitrogens is 2. The molecule has 1 saturated heterocycles. The van der Waals surface area contributed by atoms with Gasteiger partial charge in [0.2, 0.25) is 5.89 Å². The van der Waals surface area contributed by atoms with E-state index in [9.17, 15) is 0 Å². The van der Waals surface area contributed by atoms with Gasteiger partial charge in [0.15, 0.2) is 5.82 Å². The van der Waals surface area contributed by atoms with E-state index in [0.29, 0.717) is 31.5 Å². The van der Waals surface area contributed by atoms with Crippen molar-refractivity contribution >= 4 is 0 Å². The summed E-state index contributed by atoms with van der Waals surface area (Å²) in [4.78, 5) is 4.51. The van der Waals surface area contributed by atoms with Crippen LogP contribution in [0.5, 0.6) is 5.75 Å². The van der Waals surface area contributed by atoms with Gasteiger partial charge in [0.1, 0.15) is 12.4 Å². The molecule has 0 amide bonds. The summed E-state index contributed by atoms with van der Waals surface area (Å²) in [6, 6.07) is 7.86. The second-order valence-electron chi connectivity index (χ2n) is 5.20. The molecule has 104 valence electrons. The predicted octanol–water partition coefficient (Wildman–Crippen LogP) is 1.03. The molecule has 0 radical (unpaired) electrons. The number of nitrogens with zero attached hydrogens (tertiary/aromatic N) is 2. The fourth-order valence-corrected chi connectivity index (χ4v) is 2.74. The number of hydrogen-bond acceptors (Lipinski definition) is 6. The van der Waals surface area contributed by atoms with Gasteiger partial charge in [0.05, 0.1) is 25.0 Å². The molecule has 0 aliphatic carbocycles. The van der Waals surface area contributed by atoms with Crippen LogP contribution < -0.4 is 10.5 Å². The number of benzene rings is 1. The standard InChI is InChI=1S/C14H15N3O3/c15-11-7-18-5-10(11)14-16-13(17-20-14)9-6-19-12-4-2-1-3-8(9)12/h1-4,9-11H,5-7,15H2. The number of para-hydroxylation sites is 1. The Morgan fingerprint density at radius 3 is 2.90 bits per heavy atom. The van der Waals surface area contributed by atoms with Crippen molar-refractivity contribution < 1.29 is 14.0 Å². The van der Waals surface area contributed by atoms with Crippen LogP contribution in [0.4, 0.5) is 0 Å². The van der Waals surface area contributed by atoms with Crippen LogP contribution in [0.1, 0.15) is 29.1 Å². The van der Waals surface area contributed by atoms with Crippen LogP contribution in [-0.2, 0) is 4.74 Å². The summed E-state index contributed by atoms with van der Waals surface area (Å²) in [5, 5.41) is 4.10. The van der Waals surface area contributed by atoms with Crippen molar-refractivity contribution in [2.45, 2.75) is 17.9 Å². The quantitative estimate of drug-likeness (QED) is 0.880. The predicted molar refractivity (Wildman–Crippen MR) is 69.6 cm³/mol. The SMILES string of the molecule is NC1COCC1c1nc(C2COc3ccccc32)no1. The molecule has 2 aliphatic rings. The lowest BCUT2D eigenvalue weighted by Crippen LogP contribution is -2.27. The molecule has 0 bridgehead atoms. The van der Waals surface area contributed by atoms with E-state index in [2.05, 4.69) is 10.1 Å². The molecule has 6 nitrogen and oxygen atoms in total. The molecule has 1 fully saturated rings. The molecule has 2 aromatic rings. The van der Waals surface area contributed by atoms with Crippen LogP contribution in [0, 0.1) is 0 Å². The first-order valence-electron chi connectivity index (χ1n) is 6.71. The molecule has 3 heterocycles. The molecule has 0 saturated carbocycles. The first-order chi connectivity index (χ1) is 9.83. The maximum Gasteiger partial charge on any atom is 0.233 e. The Bertz CT molecular complexity index is 628. The van der Waals surface area contributed by atoms with Crippen molar-refractivity contribution in [3.8, 4) is 5.75 Å². The van der Waals surface area contributed by atoms with E-state index in [0.717, 1.165) is 11.3 Å². The van der Waals surface area contributed by atoms with Crippen molar-refractivity contribution in [1.29, 1.82) is 0 Å². The van der Waals surface area contributed by atoms with Gasteiger partial charge < -0.3 is 19.7 Å². The monoisotopic (exact) mass is 273 g/mol. The number of rotatable bonds is 2. The van der Waals surface area contributed by atoms with Gasteiger partial charge in [0.25, 0.3) is 0 Å². The molecule has 6 heteroatoms. The van der Waals surface area contributed by atoms with Crippen LogP contribution in [0.2, 0.25) is 0 Å². The van der Waals surface area contributed by atoms with Crippen LogP contribution in [0.15, 0.2) is 28.8 Å². The number of ether oxygens (including phenoxy) is 2. The van der Waals surface area contributed by atoms with Crippen molar-refractivity contribution in [2.75, 3.05) is 19.8 Å². The number of nitrogens with two attached hydrogens (primary N) is 1. The van der Waals surface area contributed by atoms with Crippen molar-refractivity contribution in [2.24, 2.45) is 5.73 Å². The van der Waals surface area contributed by atoms with Crippen LogP contribution in [0.3, 0.4) is 0 Å². The molecule has 2 aliphatic heterocycles. The Balaban J connectivity index is 1.63. The lowest BCUT2D eigenvalue weighted by molar-refractivity contribution is 0.187. The maximum atomic E-state index is 5.97. The van der Waals surface area contributed by atoms with Crippen LogP contribution in [-0.4, -0.2) is 36.0 Å². The van der Waals surface area contributed by atoms with Crippen molar-refractivity contribution in [3.05, 3.63) is 41.5 Å². The molecule has 3 atom stereocenters. The largest absolute Gasteiger partial charge is 0.492 e. The second kappa shape index (κ2) is 4.57. The summed E-state index contributed by atoms with van der Waals surface area (Å²) < 4.78 is 16.4. The smallest absolute Gasteiger partial charge is 0.233 e. The molecular formula is C14H15N3O3. The van der Waals surface area contributed by atoms with Crippen molar-refractivity contribution in [1.82, 2.24) is 10.1 Å². The summed E-state index contributed by atoms with van der Waals surface area (Å²) in [6.07, 6.45) is 0. The average molecular weight is 273 g/mol. The van der Waals surface area contributed by atoms with Gasteiger partial charge in [0, 0.05) is 11.6 Å². The molecule has 20 heavy (non-hydrogen) atoms. The summed E-state index contributed by atoms with van der Waals surface area (Å²) in [5.41, 5.74) is 7.08. The van der Waals surface area contributed by atoms with Crippen LogP contribution in [0.25, 0.3) is 0 Å². The molecule has 1 aromatic carbocycles. The Morgan fingerprint density at radius 2 is 2.05 bits per heavy atom. The fraction of sp³-hybridized carbons (Fsp3) is 0.429. The Hall–Kier alpha value is -1.92. The van der Waals surface area contributed by atoms with Crippen molar-refractivity contribution in [3.63, 3.8) is 0 Å². The number of hydrogen-bond donors (Lipinski definition) is 1. The molecule has 2 N–H and O–H groups in total. The van der Waals surface area contributed by atoms with E-state index in [1.807, 2.05) is 24.3 Å². The van der Waals surface area contributed by atoms with Crippen LogP contribution >= 0.6 is 0 Å². The zero-order valence-corrected chi connectivity index (χ0v) is 10.9. The summed E-state index contributed by atoms with van der Waals surface area (Å²) in [6.45, 7) is 1.63. The highest BCUT2D eigenvalue weighted by Gasteiger charge is 2.34. The second-order valence-corrected chi connectivity index (χ2v) is 5.20. The average Bonchev–Trinajstić information content (AvgIpc) is 3.15. The fourth-order valence-electron chi connectivity index (χ4n) is 2.74. The Kier molecular flexibility index (Phi) is 2.71. The van der Waals surface area contributed by atoms with Gasteiger partial charge in [-0.2, -0.15) is 4.98 Å². The highest BCUT2D eigenvalue weighted by molar-refractivity contribution is 5.42. The Morgan fingerprint density at radius 1 is 1.15 bits per heavy atom. The molecule has 0 spiro atoms. The minimum Gasteiger partial charge on any atom is -0.492 e. The van der Waals surface area contributed by atoms with E-state index in [4.69, 9.17) is 19.7 Å². The van der Waals surface area contributed by atoms with Gasteiger partial charge in [-0.05, 0) is 6.07 Å². The first kappa shape index (κ1) is 11.9. The summed E-state index contributed by atoms with van der Waals surface area (Å²) in [7, 11) is 0. The third-order valence-electron chi connectivity index (χ3n) is 3.91. The molecular weight excluding hydrogens is 258 g/mol. The summed E-state index contributed by atoms with van der Waals surface area (Å²) in [5.74, 6) is 2.14. The minimum atomic E-state index is -0.0737. The van der Waals surface area contributed by atoms with E-state index in [1.165, 1.54) is 0 Å². The topological polar surface area (TPSA) is 83.4 Å². The van der Waals surface area contributed by atoms with E-state index in [-0.39, 0.29) is 17.9 Å². The third kappa shape index (κ3) is 1.80. The molecule has 1 aromatic heterocycles. The third-order valence-corrected chi connectivity index (χ3v) is 3.91. The molecule has 3 unspecified atom stereocenters. The molecule has 4 rings (SSSR count). The van der Waals surface area contributed by atoms with E-state index >= 15 is 0 Å². The highest BCUT2D eigenvalue weighted by Crippen LogP contribution is 2.37. The zero-order chi connectivity index (χ0) is 13.5. The Labute approximate surface area is 115 Å². The zero-order valence-electron chi connectivity index (χ0n) is 10.9. The number of fused-ring (bicyclic) bond motifs is 1. The lowest BCUT2D eigenvalue weighted by atomic mass is 10.0. The lowest BCUT2D eigenvalue weighted by Gasteiger charge is -2.06. The highest BCUT2D eigenvalue weighted by atomic mass is 16.5. The van der Waals surface area contributed by atoms with Gasteiger partial charge in [-0.25, -0.2) is 0 Å². The summed E-state index contributed by atoms with van der Waals surface area (Å²) >= 11 is 0. The van der Waals surface area contributed by atoms with E-state index < -0.39 is 0 Å². The van der Waals surface area contributed by atoms with Gasteiger partial charge in [-0.1, -0.05) is 23.4 Å².